The molecule has 0 aliphatic heterocycles. The highest BCUT2D eigenvalue weighted by molar-refractivity contribution is 9.09. The van der Waals surface area contributed by atoms with E-state index in [4.69, 9.17) is 9.84 Å². The third kappa shape index (κ3) is 6.61. The van der Waals surface area contributed by atoms with Gasteiger partial charge >= 0.3 is 5.97 Å². The van der Waals surface area contributed by atoms with E-state index in [1.165, 1.54) is 0 Å². The molecule has 3 nitrogen and oxygen atoms in total. The van der Waals surface area contributed by atoms with Crippen LogP contribution in [0, 0.1) is 0 Å². The highest BCUT2D eigenvalue weighted by Crippen LogP contribution is 1.99. The van der Waals surface area contributed by atoms with Crippen LogP contribution in [0.3, 0.4) is 0 Å². The van der Waals surface area contributed by atoms with Crippen LogP contribution in [0.1, 0.15) is 26.2 Å². The van der Waals surface area contributed by atoms with Crippen molar-refractivity contribution in [2.75, 3.05) is 11.9 Å². The van der Waals surface area contributed by atoms with Gasteiger partial charge in [0, 0.05) is 5.33 Å². The van der Waals surface area contributed by atoms with Gasteiger partial charge in [-0.1, -0.05) is 29.3 Å². The molecule has 0 rings (SSSR count). The molecule has 0 unspecified atom stereocenters. The van der Waals surface area contributed by atoms with E-state index >= 15 is 0 Å². The predicted octanol–water partition coefficient (Wildman–Crippen LogP) is 1.48. The second-order valence-corrected chi connectivity index (χ2v) is 3.23. The van der Waals surface area contributed by atoms with Crippen molar-refractivity contribution < 1.29 is 14.6 Å². The first-order chi connectivity index (χ1) is 5.70. The molecule has 0 aromatic heterocycles. The molecule has 0 aromatic rings. The highest BCUT2D eigenvalue weighted by atomic mass is 79.9. The molecule has 0 bridgehead atoms. The number of esters is 1. The van der Waals surface area contributed by atoms with Gasteiger partial charge in [0.25, 0.3) is 0 Å². The summed E-state index contributed by atoms with van der Waals surface area (Å²) in [4.78, 5) is 10.9. The van der Waals surface area contributed by atoms with E-state index < -0.39 is 6.10 Å². The van der Waals surface area contributed by atoms with Crippen LogP contribution in [-0.2, 0) is 9.53 Å². The monoisotopic (exact) mass is 238 g/mol. The Morgan fingerprint density at radius 2 is 2.33 bits per heavy atom. The minimum atomic E-state index is -0.626. The molecule has 0 aliphatic rings. The topological polar surface area (TPSA) is 46.5 Å². The van der Waals surface area contributed by atoms with Gasteiger partial charge in [0.05, 0.1) is 19.1 Å². The Hall–Kier alpha value is -0.0900. The molecule has 1 atom stereocenters. The van der Waals surface area contributed by atoms with Crippen molar-refractivity contribution in [3.05, 3.63) is 0 Å². The summed E-state index contributed by atoms with van der Waals surface area (Å²) >= 11 is 3.07. The fourth-order valence-electron chi connectivity index (χ4n) is 0.636. The third-order valence-corrected chi connectivity index (χ3v) is 2.09. The molecule has 0 radical (unpaired) electrons. The Balaban J connectivity index is 3.33. The van der Waals surface area contributed by atoms with Crippen molar-refractivity contribution in [1.82, 2.24) is 0 Å². The standard InChI is InChI=1S/C8H15BrO3/c1-2-3-4-12-8(11)5-7(10)6-9/h7,10H,2-6H2,1H3/t7-/m0/s1. The molecular formula is C8H15BrO3. The number of alkyl halides is 1. The van der Waals surface area contributed by atoms with Crippen molar-refractivity contribution in [3.63, 3.8) is 0 Å². The Morgan fingerprint density at radius 3 is 2.83 bits per heavy atom. The van der Waals surface area contributed by atoms with Gasteiger partial charge in [0.15, 0.2) is 0 Å². The summed E-state index contributed by atoms with van der Waals surface area (Å²) in [5, 5.41) is 9.45. The number of rotatable bonds is 6. The summed E-state index contributed by atoms with van der Waals surface area (Å²) in [5.74, 6) is -0.324. The summed E-state index contributed by atoms with van der Waals surface area (Å²) in [5.41, 5.74) is 0. The lowest BCUT2D eigenvalue weighted by Gasteiger charge is -2.06. The number of ether oxygens (including phenoxy) is 1. The molecule has 0 heterocycles. The summed E-state index contributed by atoms with van der Waals surface area (Å²) in [6.45, 7) is 2.49. The van der Waals surface area contributed by atoms with Crippen LogP contribution in [-0.4, -0.2) is 29.1 Å². The largest absolute Gasteiger partial charge is 0.466 e. The van der Waals surface area contributed by atoms with Gasteiger partial charge < -0.3 is 9.84 Å². The second kappa shape index (κ2) is 7.55. The van der Waals surface area contributed by atoms with Crippen LogP contribution in [0.4, 0.5) is 0 Å². The molecule has 0 saturated carbocycles. The zero-order valence-electron chi connectivity index (χ0n) is 7.25. The number of carbonyl (C=O) groups is 1. The molecule has 1 N–H and O–H groups in total. The summed E-state index contributed by atoms with van der Waals surface area (Å²) in [6.07, 6.45) is 1.35. The van der Waals surface area contributed by atoms with E-state index in [0.717, 1.165) is 12.8 Å². The van der Waals surface area contributed by atoms with Crippen LogP contribution < -0.4 is 0 Å². The Morgan fingerprint density at radius 1 is 1.67 bits per heavy atom. The number of halogens is 1. The van der Waals surface area contributed by atoms with E-state index in [0.29, 0.717) is 11.9 Å². The van der Waals surface area contributed by atoms with E-state index in [1.54, 1.807) is 0 Å². The van der Waals surface area contributed by atoms with E-state index in [1.807, 2.05) is 6.92 Å². The van der Waals surface area contributed by atoms with E-state index in [-0.39, 0.29) is 12.4 Å². The first kappa shape index (κ1) is 11.9. The van der Waals surface area contributed by atoms with Gasteiger partial charge in [-0.3, -0.25) is 4.79 Å². The molecule has 12 heavy (non-hydrogen) atoms. The lowest BCUT2D eigenvalue weighted by Crippen LogP contribution is -2.17. The maximum atomic E-state index is 10.9. The molecule has 72 valence electrons. The Kier molecular flexibility index (Phi) is 7.50. The molecule has 0 aliphatic carbocycles. The molecule has 0 saturated heterocycles. The van der Waals surface area contributed by atoms with Crippen molar-refractivity contribution >= 4 is 21.9 Å². The smallest absolute Gasteiger partial charge is 0.308 e. The normalized spacial score (nSPS) is 12.6. The number of unbranched alkanes of at least 4 members (excludes halogenated alkanes) is 1. The van der Waals surface area contributed by atoms with Crippen LogP contribution in [0.2, 0.25) is 0 Å². The fraction of sp³-hybridized carbons (Fsp3) is 0.875. The first-order valence-electron chi connectivity index (χ1n) is 4.10. The minimum Gasteiger partial charge on any atom is -0.466 e. The lowest BCUT2D eigenvalue weighted by molar-refractivity contribution is -0.145. The Bertz CT molecular complexity index is 127. The van der Waals surface area contributed by atoms with Gasteiger partial charge in [-0.2, -0.15) is 0 Å². The minimum absolute atomic E-state index is 0.0783. The van der Waals surface area contributed by atoms with Gasteiger partial charge in [0.2, 0.25) is 0 Å². The second-order valence-electron chi connectivity index (χ2n) is 2.59. The number of aliphatic hydroxyl groups excluding tert-OH is 1. The van der Waals surface area contributed by atoms with Gasteiger partial charge in [0.1, 0.15) is 0 Å². The highest BCUT2D eigenvalue weighted by Gasteiger charge is 2.09. The van der Waals surface area contributed by atoms with Crippen LogP contribution in [0.15, 0.2) is 0 Å². The first-order valence-corrected chi connectivity index (χ1v) is 5.22. The number of hydrogen-bond donors (Lipinski definition) is 1. The molecule has 0 amide bonds. The maximum absolute atomic E-state index is 10.9. The number of aliphatic hydroxyl groups is 1. The maximum Gasteiger partial charge on any atom is 0.308 e. The molecule has 0 aromatic carbocycles. The SMILES string of the molecule is CCCCOC(=O)C[C@H](O)CBr. The summed E-state index contributed by atoms with van der Waals surface area (Å²) < 4.78 is 4.84. The molecule has 0 spiro atoms. The third-order valence-electron chi connectivity index (χ3n) is 1.34. The van der Waals surface area contributed by atoms with Crippen LogP contribution in [0.25, 0.3) is 0 Å². The van der Waals surface area contributed by atoms with E-state index in [9.17, 15) is 4.79 Å². The van der Waals surface area contributed by atoms with Crippen molar-refractivity contribution in [3.8, 4) is 0 Å². The zero-order valence-corrected chi connectivity index (χ0v) is 8.84. The van der Waals surface area contributed by atoms with Crippen molar-refractivity contribution in [2.45, 2.75) is 32.3 Å². The van der Waals surface area contributed by atoms with E-state index in [2.05, 4.69) is 15.9 Å². The Labute approximate surface area is 81.2 Å². The lowest BCUT2D eigenvalue weighted by atomic mass is 10.3. The quantitative estimate of drug-likeness (QED) is 0.433. The van der Waals surface area contributed by atoms with Gasteiger partial charge in [-0.05, 0) is 6.42 Å². The average molecular weight is 239 g/mol. The van der Waals surface area contributed by atoms with Crippen molar-refractivity contribution in [1.29, 1.82) is 0 Å². The summed E-state index contributed by atoms with van der Waals surface area (Å²) in [6, 6.07) is 0. The molecule has 4 heteroatoms. The number of carbonyl (C=O) groups excluding carboxylic acids is 1. The average Bonchev–Trinajstić information content (AvgIpc) is 2.05. The summed E-state index contributed by atoms with van der Waals surface area (Å²) in [7, 11) is 0. The van der Waals surface area contributed by atoms with Crippen molar-refractivity contribution in [2.24, 2.45) is 0 Å². The number of hydrogen-bond acceptors (Lipinski definition) is 3. The van der Waals surface area contributed by atoms with Gasteiger partial charge in [-0.15, -0.1) is 0 Å². The fourth-order valence-corrected chi connectivity index (χ4v) is 0.865. The molecular weight excluding hydrogens is 224 g/mol. The van der Waals surface area contributed by atoms with Crippen LogP contribution >= 0.6 is 15.9 Å². The predicted molar refractivity (Wildman–Crippen MR) is 50.3 cm³/mol. The zero-order chi connectivity index (χ0) is 9.40. The van der Waals surface area contributed by atoms with Gasteiger partial charge in [-0.25, -0.2) is 0 Å². The van der Waals surface area contributed by atoms with Crippen LogP contribution in [0.5, 0.6) is 0 Å². The molecule has 0 fully saturated rings.